The van der Waals surface area contributed by atoms with Crippen LogP contribution < -0.4 is 5.32 Å². The molecule has 5 heteroatoms. The van der Waals surface area contributed by atoms with Crippen molar-refractivity contribution >= 4 is 0 Å². The third kappa shape index (κ3) is 2.09. The van der Waals surface area contributed by atoms with Crippen LogP contribution in [0.4, 0.5) is 0 Å². The Labute approximate surface area is 94.5 Å². The molecule has 0 amide bonds. The number of hydrogen-bond acceptors (Lipinski definition) is 4. The lowest BCUT2D eigenvalue weighted by atomic mass is 10.3. The molecule has 0 atom stereocenters. The molecular formula is C11H15N5. The number of nitrogens with one attached hydrogen (secondary N) is 1. The molecule has 5 nitrogen and oxygen atoms in total. The van der Waals surface area contributed by atoms with Crippen LogP contribution >= 0.6 is 0 Å². The number of aryl methyl sites for hydroxylation is 2. The molecule has 16 heavy (non-hydrogen) atoms. The van der Waals surface area contributed by atoms with Gasteiger partial charge in [-0.2, -0.15) is 4.68 Å². The summed E-state index contributed by atoms with van der Waals surface area (Å²) in [6, 6.07) is 3.99. The highest BCUT2D eigenvalue weighted by molar-refractivity contribution is 5.25. The van der Waals surface area contributed by atoms with E-state index < -0.39 is 0 Å². The van der Waals surface area contributed by atoms with Crippen LogP contribution in [0, 0.1) is 13.8 Å². The third-order valence-corrected chi connectivity index (χ3v) is 2.28. The average molecular weight is 217 g/mol. The van der Waals surface area contributed by atoms with E-state index in [1.54, 1.807) is 4.68 Å². The van der Waals surface area contributed by atoms with Gasteiger partial charge in [0.1, 0.15) is 11.6 Å². The lowest BCUT2D eigenvalue weighted by molar-refractivity contribution is 0.786. The highest BCUT2D eigenvalue weighted by atomic mass is 15.4. The number of hydrogen-bond donors (Lipinski definition) is 1. The molecule has 0 unspecified atom stereocenters. The zero-order chi connectivity index (χ0) is 11.5. The van der Waals surface area contributed by atoms with Crippen LogP contribution in [0.3, 0.4) is 0 Å². The van der Waals surface area contributed by atoms with Crippen LogP contribution in [0.25, 0.3) is 5.82 Å². The number of nitrogens with zero attached hydrogens (tertiary/aromatic N) is 4. The average Bonchev–Trinajstić information content (AvgIpc) is 2.59. The Kier molecular flexibility index (Phi) is 2.96. The first-order valence-corrected chi connectivity index (χ1v) is 5.21. The van der Waals surface area contributed by atoms with E-state index in [2.05, 4.69) is 20.4 Å². The molecule has 84 valence electrons. The predicted octanol–water partition coefficient (Wildman–Crippen LogP) is 0.999. The van der Waals surface area contributed by atoms with E-state index in [-0.39, 0.29) is 0 Å². The summed E-state index contributed by atoms with van der Waals surface area (Å²) in [5.74, 6) is 2.42. The van der Waals surface area contributed by atoms with E-state index in [0.717, 1.165) is 29.6 Å². The van der Waals surface area contributed by atoms with Crippen molar-refractivity contribution in [1.29, 1.82) is 0 Å². The van der Waals surface area contributed by atoms with Crippen molar-refractivity contribution in [2.75, 3.05) is 7.05 Å². The molecule has 0 saturated carbocycles. The largest absolute Gasteiger partial charge is 0.316 e. The van der Waals surface area contributed by atoms with Gasteiger partial charge in [0.2, 0.25) is 0 Å². The first-order valence-electron chi connectivity index (χ1n) is 5.21. The molecular weight excluding hydrogens is 202 g/mol. The van der Waals surface area contributed by atoms with Gasteiger partial charge in [-0.3, -0.25) is 0 Å². The minimum atomic E-state index is 0.763. The van der Waals surface area contributed by atoms with Gasteiger partial charge in [0, 0.05) is 12.7 Å². The van der Waals surface area contributed by atoms with E-state index in [0.29, 0.717) is 0 Å². The zero-order valence-corrected chi connectivity index (χ0v) is 9.73. The van der Waals surface area contributed by atoms with Crippen molar-refractivity contribution in [2.24, 2.45) is 0 Å². The molecule has 0 fully saturated rings. The lowest BCUT2D eigenvalue weighted by Crippen LogP contribution is -2.07. The van der Waals surface area contributed by atoms with E-state index in [9.17, 15) is 0 Å². The summed E-state index contributed by atoms with van der Waals surface area (Å²) in [6.45, 7) is 4.62. The van der Waals surface area contributed by atoms with Crippen molar-refractivity contribution < 1.29 is 0 Å². The number of rotatable bonds is 3. The van der Waals surface area contributed by atoms with Gasteiger partial charge >= 0.3 is 0 Å². The summed E-state index contributed by atoms with van der Waals surface area (Å²) < 4.78 is 1.75. The minimum absolute atomic E-state index is 0.763. The smallest absolute Gasteiger partial charge is 0.155 e. The monoisotopic (exact) mass is 217 g/mol. The maximum absolute atomic E-state index is 4.36. The van der Waals surface area contributed by atoms with Crippen LogP contribution in [0.15, 0.2) is 18.3 Å². The van der Waals surface area contributed by atoms with Crippen LogP contribution in [0.2, 0.25) is 0 Å². The van der Waals surface area contributed by atoms with Gasteiger partial charge in [0.25, 0.3) is 0 Å². The molecule has 0 radical (unpaired) electrons. The zero-order valence-electron chi connectivity index (χ0n) is 9.73. The standard InChI is InChI=1S/C11H15N5/c1-8-14-9(2)16(15-8)11-5-4-10(6-12-3)7-13-11/h4-5,7,12H,6H2,1-3H3. The van der Waals surface area contributed by atoms with E-state index >= 15 is 0 Å². The minimum Gasteiger partial charge on any atom is -0.316 e. The molecule has 2 aromatic heterocycles. The molecule has 2 aromatic rings. The fourth-order valence-corrected chi connectivity index (χ4v) is 1.59. The van der Waals surface area contributed by atoms with Gasteiger partial charge in [-0.25, -0.2) is 9.97 Å². The van der Waals surface area contributed by atoms with Crippen LogP contribution in [-0.4, -0.2) is 26.8 Å². The predicted molar refractivity (Wildman–Crippen MR) is 61.4 cm³/mol. The molecule has 0 saturated heterocycles. The quantitative estimate of drug-likeness (QED) is 0.833. The van der Waals surface area contributed by atoms with Crippen LogP contribution in [0.5, 0.6) is 0 Å². The summed E-state index contributed by atoms with van der Waals surface area (Å²) in [5, 5.41) is 7.37. The van der Waals surface area contributed by atoms with Crippen molar-refractivity contribution in [3.05, 3.63) is 35.5 Å². The molecule has 0 spiro atoms. The van der Waals surface area contributed by atoms with Gasteiger partial charge in [-0.05, 0) is 32.5 Å². The second-order valence-electron chi connectivity index (χ2n) is 3.67. The van der Waals surface area contributed by atoms with Crippen molar-refractivity contribution in [2.45, 2.75) is 20.4 Å². The number of aromatic nitrogens is 4. The first kappa shape index (κ1) is 10.8. The highest BCUT2D eigenvalue weighted by Crippen LogP contribution is 2.07. The van der Waals surface area contributed by atoms with E-state index in [4.69, 9.17) is 0 Å². The molecule has 0 aliphatic carbocycles. The molecule has 0 aliphatic rings. The Morgan fingerprint density at radius 3 is 2.62 bits per heavy atom. The van der Waals surface area contributed by atoms with Crippen molar-refractivity contribution in [1.82, 2.24) is 25.1 Å². The van der Waals surface area contributed by atoms with Crippen LogP contribution in [0.1, 0.15) is 17.2 Å². The summed E-state index contributed by atoms with van der Waals surface area (Å²) in [5.41, 5.74) is 1.15. The fourth-order valence-electron chi connectivity index (χ4n) is 1.59. The second-order valence-corrected chi connectivity index (χ2v) is 3.67. The van der Waals surface area contributed by atoms with Crippen molar-refractivity contribution in [3.63, 3.8) is 0 Å². The SMILES string of the molecule is CNCc1ccc(-n2nc(C)nc2C)nc1. The Morgan fingerprint density at radius 2 is 2.12 bits per heavy atom. The second kappa shape index (κ2) is 4.40. The summed E-state index contributed by atoms with van der Waals surface area (Å²) in [4.78, 5) is 8.61. The topological polar surface area (TPSA) is 55.6 Å². The van der Waals surface area contributed by atoms with Crippen LogP contribution in [-0.2, 0) is 6.54 Å². The number of pyridine rings is 1. The normalized spacial score (nSPS) is 10.7. The highest BCUT2D eigenvalue weighted by Gasteiger charge is 2.05. The molecule has 0 aliphatic heterocycles. The maximum atomic E-state index is 4.36. The fraction of sp³-hybridized carbons (Fsp3) is 0.364. The Morgan fingerprint density at radius 1 is 1.31 bits per heavy atom. The van der Waals surface area contributed by atoms with Gasteiger partial charge in [-0.1, -0.05) is 6.07 Å². The Bertz CT molecular complexity index is 472. The summed E-state index contributed by atoms with van der Waals surface area (Å²) >= 11 is 0. The lowest BCUT2D eigenvalue weighted by Gasteiger charge is -2.03. The molecule has 1 N–H and O–H groups in total. The summed E-state index contributed by atoms with van der Waals surface area (Å²) in [6.07, 6.45) is 1.85. The molecule has 2 rings (SSSR count). The molecule has 2 heterocycles. The van der Waals surface area contributed by atoms with E-state index in [1.165, 1.54) is 0 Å². The Balaban J connectivity index is 2.31. The first-order chi connectivity index (χ1) is 7.70. The summed E-state index contributed by atoms with van der Waals surface area (Å²) in [7, 11) is 1.92. The Hall–Kier alpha value is -1.75. The molecule has 0 bridgehead atoms. The van der Waals surface area contributed by atoms with Gasteiger partial charge in [-0.15, -0.1) is 5.10 Å². The van der Waals surface area contributed by atoms with Gasteiger partial charge in [0.15, 0.2) is 5.82 Å². The maximum Gasteiger partial charge on any atom is 0.155 e. The van der Waals surface area contributed by atoms with Crippen molar-refractivity contribution in [3.8, 4) is 5.82 Å². The van der Waals surface area contributed by atoms with E-state index in [1.807, 2.05) is 39.2 Å². The third-order valence-electron chi connectivity index (χ3n) is 2.28. The molecule has 0 aromatic carbocycles. The van der Waals surface area contributed by atoms with Gasteiger partial charge < -0.3 is 5.32 Å². The van der Waals surface area contributed by atoms with Gasteiger partial charge in [0.05, 0.1) is 0 Å².